The summed E-state index contributed by atoms with van der Waals surface area (Å²) in [6.45, 7) is 3.57. The number of carbonyl (C=O) groups is 3. The second kappa shape index (κ2) is 8.02. The molecule has 8 heteroatoms. The van der Waals surface area contributed by atoms with E-state index < -0.39 is 29.4 Å². The first-order valence-electron chi connectivity index (χ1n) is 10.4. The van der Waals surface area contributed by atoms with Crippen LogP contribution in [0.25, 0.3) is 11.1 Å². The van der Waals surface area contributed by atoms with Gasteiger partial charge in [-0.3, -0.25) is 24.6 Å². The molecule has 0 bridgehead atoms. The van der Waals surface area contributed by atoms with Crippen molar-refractivity contribution in [2.75, 3.05) is 20.8 Å². The van der Waals surface area contributed by atoms with E-state index in [2.05, 4.69) is 5.32 Å². The third-order valence-corrected chi connectivity index (χ3v) is 6.54. The highest BCUT2D eigenvalue weighted by Crippen LogP contribution is 2.49. The number of benzene rings is 2. The predicted octanol–water partition coefficient (Wildman–Crippen LogP) is 2.70. The number of imide groups is 1. The minimum absolute atomic E-state index is 0.238. The van der Waals surface area contributed by atoms with Crippen LogP contribution in [0, 0.1) is 17.7 Å². The van der Waals surface area contributed by atoms with Gasteiger partial charge in [-0.1, -0.05) is 24.3 Å². The lowest BCUT2D eigenvalue weighted by atomic mass is 9.80. The molecule has 168 valence electrons. The number of likely N-dealkylation sites (tertiary alicyclic amines) is 1. The van der Waals surface area contributed by atoms with E-state index in [1.54, 1.807) is 32.0 Å². The molecule has 2 aromatic carbocycles. The summed E-state index contributed by atoms with van der Waals surface area (Å²) >= 11 is 0. The largest absolute Gasteiger partial charge is 0.496 e. The molecule has 7 nitrogen and oxygen atoms in total. The second-order valence-corrected chi connectivity index (χ2v) is 8.21. The van der Waals surface area contributed by atoms with Crippen molar-refractivity contribution in [2.45, 2.75) is 25.4 Å². The van der Waals surface area contributed by atoms with Gasteiger partial charge in [0.05, 0.1) is 26.1 Å². The molecule has 2 aliphatic rings. The Bertz CT molecular complexity index is 1090. The summed E-state index contributed by atoms with van der Waals surface area (Å²) in [6, 6.07) is 10.9. The molecular weight excluding hydrogens is 415 g/mol. The molecule has 2 heterocycles. The summed E-state index contributed by atoms with van der Waals surface area (Å²) in [6.07, 6.45) is 0. The van der Waals surface area contributed by atoms with Crippen molar-refractivity contribution >= 4 is 17.8 Å². The quantitative estimate of drug-likeness (QED) is 0.569. The van der Waals surface area contributed by atoms with Gasteiger partial charge in [0.15, 0.2) is 0 Å². The van der Waals surface area contributed by atoms with Crippen LogP contribution in [0.1, 0.15) is 25.5 Å². The van der Waals surface area contributed by atoms with Crippen molar-refractivity contribution in [1.29, 1.82) is 0 Å². The van der Waals surface area contributed by atoms with E-state index in [0.717, 1.165) is 11.1 Å². The maximum absolute atomic E-state index is 13.3. The molecule has 0 unspecified atom stereocenters. The highest BCUT2D eigenvalue weighted by molar-refractivity contribution is 6.09. The van der Waals surface area contributed by atoms with E-state index in [9.17, 15) is 18.8 Å². The average Bonchev–Trinajstić information content (AvgIpc) is 3.26. The number of methoxy groups -OCH3 is 2. The van der Waals surface area contributed by atoms with Gasteiger partial charge < -0.3 is 9.47 Å². The monoisotopic (exact) mass is 440 g/mol. The Hall–Kier alpha value is -3.26. The summed E-state index contributed by atoms with van der Waals surface area (Å²) in [5, 5.41) is 3.21. The highest BCUT2D eigenvalue weighted by Gasteiger charge is 2.66. The van der Waals surface area contributed by atoms with Crippen molar-refractivity contribution < 1.29 is 28.2 Å². The van der Waals surface area contributed by atoms with E-state index >= 15 is 0 Å². The van der Waals surface area contributed by atoms with Crippen molar-refractivity contribution in [3.05, 3.63) is 53.8 Å². The molecule has 4 atom stereocenters. The average molecular weight is 440 g/mol. The van der Waals surface area contributed by atoms with Gasteiger partial charge in [-0.2, -0.15) is 0 Å². The van der Waals surface area contributed by atoms with Crippen molar-refractivity contribution in [1.82, 2.24) is 10.2 Å². The van der Waals surface area contributed by atoms with Crippen LogP contribution < -0.4 is 10.1 Å². The number of fused-ring (bicyclic) bond motifs is 1. The van der Waals surface area contributed by atoms with Crippen LogP contribution >= 0.6 is 0 Å². The van der Waals surface area contributed by atoms with Crippen molar-refractivity contribution in [3.63, 3.8) is 0 Å². The third-order valence-electron chi connectivity index (χ3n) is 6.54. The van der Waals surface area contributed by atoms with E-state index in [4.69, 9.17) is 9.47 Å². The Morgan fingerprint density at radius 2 is 1.81 bits per heavy atom. The molecule has 1 N–H and O–H groups in total. The van der Waals surface area contributed by atoms with Gasteiger partial charge in [-0.15, -0.1) is 0 Å². The van der Waals surface area contributed by atoms with E-state index in [-0.39, 0.29) is 24.2 Å². The number of hydrogen-bond donors (Lipinski definition) is 1. The van der Waals surface area contributed by atoms with Gasteiger partial charge in [0.2, 0.25) is 11.8 Å². The molecule has 2 fully saturated rings. The Kier molecular flexibility index (Phi) is 5.50. The fraction of sp³-hybridized carbons (Fsp3) is 0.375. The number of nitrogens with one attached hydrogen (secondary N) is 1. The number of ether oxygens (including phenoxy) is 2. The maximum atomic E-state index is 13.3. The summed E-state index contributed by atoms with van der Waals surface area (Å²) in [5.74, 6) is -2.69. The molecule has 0 saturated carbocycles. The number of esters is 1. The topological polar surface area (TPSA) is 84.9 Å². The SMILES string of the molecule is CCN1C(=O)[C@H]2[C@@H](c3ccc(-c4ccc(F)cc4)c(OC)c3)N[C@@](C)(C(=O)OC)[C@H]2C1=O. The fourth-order valence-corrected chi connectivity index (χ4v) is 4.97. The van der Waals surface area contributed by atoms with Crippen LogP contribution in [0.4, 0.5) is 4.39 Å². The smallest absolute Gasteiger partial charge is 0.326 e. The first-order chi connectivity index (χ1) is 15.3. The lowest BCUT2D eigenvalue weighted by Gasteiger charge is -2.28. The van der Waals surface area contributed by atoms with Crippen molar-refractivity contribution in [3.8, 4) is 16.9 Å². The van der Waals surface area contributed by atoms with Crippen LogP contribution in [0.5, 0.6) is 5.75 Å². The Morgan fingerprint density at radius 1 is 1.12 bits per heavy atom. The Morgan fingerprint density at radius 3 is 2.41 bits per heavy atom. The number of amides is 2. The van der Waals surface area contributed by atoms with Gasteiger partial charge in [0.25, 0.3) is 0 Å². The normalized spacial score (nSPS) is 26.9. The minimum Gasteiger partial charge on any atom is -0.496 e. The fourth-order valence-electron chi connectivity index (χ4n) is 4.97. The number of rotatable bonds is 5. The van der Waals surface area contributed by atoms with E-state index in [1.165, 1.54) is 31.3 Å². The highest BCUT2D eigenvalue weighted by atomic mass is 19.1. The van der Waals surface area contributed by atoms with Gasteiger partial charge >= 0.3 is 5.97 Å². The van der Waals surface area contributed by atoms with E-state index in [0.29, 0.717) is 11.3 Å². The van der Waals surface area contributed by atoms with Crippen LogP contribution in [0.2, 0.25) is 0 Å². The second-order valence-electron chi connectivity index (χ2n) is 8.21. The summed E-state index contributed by atoms with van der Waals surface area (Å²) < 4.78 is 23.9. The molecule has 2 aromatic rings. The number of carbonyl (C=O) groups excluding carboxylic acids is 3. The summed E-state index contributed by atoms with van der Waals surface area (Å²) in [5.41, 5.74) is 0.889. The predicted molar refractivity (Wildman–Crippen MR) is 114 cm³/mol. The number of halogens is 1. The standard InChI is InChI=1S/C24H25FN2O5/c1-5-27-21(28)18-19(22(27)29)24(2,23(30)32-4)26-20(18)14-8-11-16(17(12-14)31-3)13-6-9-15(25)10-7-13/h6-12,18-20,26H,5H2,1-4H3/t18-,19-,20-,24-/m1/s1. The third kappa shape index (κ3) is 3.17. The number of nitrogens with zero attached hydrogens (tertiary/aromatic N) is 1. The summed E-state index contributed by atoms with van der Waals surface area (Å²) in [7, 11) is 2.79. The molecule has 2 aliphatic heterocycles. The molecular formula is C24H25FN2O5. The molecule has 0 spiro atoms. The van der Waals surface area contributed by atoms with Gasteiger partial charge in [-0.05, 0) is 43.2 Å². The Balaban J connectivity index is 1.78. The first-order valence-corrected chi connectivity index (χ1v) is 10.4. The molecule has 0 aliphatic carbocycles. The molecule has 0 aromatic heterocycles. The van der Waals surface area contributed by atoms with Gasteiger partial charge in [0, 0.05) is 18.2 Å². The molecule has 2 saturated heterocycles. The van der Waals surface area contributed by atoms with Crippen LogP contribution in [-0.4, -0.2) is 49.0 Å². The minimum atomic E-state index is -1.34. The lowest BCUT2D eigenvalue weighted by molar-refractivity contribution is -0.153. The van der Waals surface area contributed by atoms with Crippen LogP contribution in [0.3, 0.4) is 0 Å². The van der Waals surface area contributed by atoms with E-state index in [1.807, 2.05) is 12.1 Å². The molecule has 4 rings (SSSR count). The van der Waals surface area contributed by atoms with Crippen molar-refractivity contribution in [2.24, 2.45) is 11.8 Å². The van der Waals surface area contributed by atoms with Crippen LogP contribution in [0.15, 0.2) is 42.5 Å². The zero-order valence-electron chi connectivity index (χ0n) is 18.3. The molecule has 32 heavy (non-hydrogen) atoms. The molecule has 0 radical (unpaired) electrons. The summed E-state index contributed by atoms with van der Waals surface area (Å²) in [4.78, 5) is 40.0. The van der Waals surface area contributed by atoms with Gasteiger partial charge in [0.1, 0.15) is 17.1 Å². The zero-order valence-corrected chi connectivity index (χ0v) is 18.3. The first kappa shape index (κ1) is 22.0. The zero-order chi connectivity index (χ0) is 23.2. The maximum Gasteiger partial charge on any atom is 0.326 e. The number of hydrogen-bond acceptors (Lipinski definition) is 6. The Labute approximate surface area is 185 Å². The van der Waals surface area contributed by atoms with Gasteiger partial charge in [-0.25, -0.2) is 4.39 Å². The molecule has 2 amide bonds. The van der Waals surface area contributed by atoms with Crippen LogP contribution in [-0.2, 0) is 19.1 Å². The lowest BCUT2D eigenvalue weighted by Crippen LogP contribution is -2.53.